The highest BCUT2D eigenvalue weighted by Crippen LogP contribution is 2.40. The highest BCUT2D eigenvalue weighted by Gasteiger charge is 2.47. The fourth-order valence-electron chi connectivity index (χ4n) is 4.35. The first kappa shape index (κ1) is 16.9. The molecule has 3 aromatic rings. The molecule has 0 saturated heterocycles. The molecule has 7 heteroatoms. The van der Waals surface area contributed by atoms with Crippen LogP contribution in [-0.2, 0) is 33.0 Å². The van der Waals surface area contributed by atoms with Gasteiger partial charge in [0, 0.05) is 29.3 Å². The maximum atomic E-state index is 13.2. The zero-order valence-electron chi connectivity index (χ0n) is 15.6. The quantitative estimate of drug-likeness (QED) is 0.425. The summed E-state index contributed by atoms with van der Waals surface area (Å²) in [6.45, 7) is 2.21. The number of pyridine rings is 2. The molecule has 0 aliphatic carbocycles. The average Bonchev–Trinajstić information content (AvgIpc) is 3.06. The number of nitrogen functional groups attached to an aromatic ring is 1. The average molecular weight is 377 g/mol. The smallest absolute Gasteiger partial charge is 0.343 e. The van der Waals surface area contributed by atoms with Crippen LogP contribution in [0.4, 0.5) is 5.69 Å². The van der Waals surface area contributed by atoms with E-state index in [4.69, 9.17) is 20.2 Å². The summed E-state index contributed by atoms with van der Waals surface area (Å²) >= 11 is 0. The van der Waals surface area contributed by atoms with Crippen LogP contribution in [-0.4, -0.2) is 22.6 Å². The summed E-state index contributed by atoms with van der Waals surface area (Å²) in [7, 11) is 1.47. The number of hydrogen-bond donors (Lipinski definition) is 1. The number of fused-ring (bicyclic) bond motifs is 5. The lowest BCUT2D eigenvalue weighted by molar-refractivity contribution is -0.176. The predicted molar refractivity (Wildman–Crippen MR) is 104 cm³/mol. The lowest BCUT2D eigenvalue weighted by atomic mass is 9.85. The Balaban J connectivity index is 1.81. The number of hydrogen-bond acceptors (Lipinski definition) is 6. The van der Waals surface area contributed by atoms with E-state index in [-0.39, 0.29) is 12.2 Å². The molecule has 142 valence electrons. The number of benzene rings is 1. The molecule has 28 heavy (non-hydrogen) atoms. The second kappa shape index (κ2) is 5.65. The highest BCUT2D eigenvalue weighted by atomic mass is 16.6. The predicted octanol–water partition coefficient (Wildman–Crippen LogP) is 2.32. The minimum atomic E-state index is -1.27. The first-order chi connectivity index (χ1) is 13.5. The summed E-state index contributed by atoms with van der Waals surface area (Å²) in [5, 5.41) is 0.866. The van der Waals surface area contributed by atoms with E-state index in [1.807, 2.05) is 37.3 Å². The summed E-state index contributed by atoms with van der Waals surface area (Å²) in [5.74, 6) is -0.466. The second-order valence-corrected chi connectivity index (χ2v) is 7.18. The van der Waals surface area contributed by atoms with Crippen LogP contribution in [0.2, 0.25) is 0 Å². The number of methoxy groups -OCH3 is 1. The van der Waals surface area contributed by atoms with Crippen LogP contribution in [0.15, 0.2) is 35.1 Å². The molecule has 1 aromatic carbocycles. The molecule has 2 N–H and O–H groups in total. The number of cyclic esters (lactones) is 1. The van der Waals surface area contributed by atoms with Crippen LogP contribution in [0.25, 0.3) is 22.3 Å². The van der Waals surface area contributed by atoms with Crippen molar-refractivity contribution in [3.8, 4) is 11.4 Å². The molecule has 2 aliphatic heterocycles. The monoisotopic (exact) mass is 377 g/mol. The molecule has 2 aromatic heterocycles. The van der Waals surface area contributed by atoms with E-state index in [0.29, 0.717) is 35.5 Å². The number of anilines is 1. The van der Waals surface area contributed by atoms with Crippen LogP contribution >= 0.6 is 0 Å². The van der Waals surface area contributed by atoms with Gasteiger partial charge >= 0.3 is 5.97 Å². The number of aromatic nitrogens is 2. The normalized spacial score (nSPS) is 19.9. The topological polar surface area (TPSA) is 96.4 Å². The van der Waals surface area contributed by atoms with Crippen LogP contribution in [0.3, 0.4) is 0 Å². The van der Waals surface area contributed by atoms with Gasteiger partial charge in [0.05, 0.1) is 29.0 Å². The van der Waals surface area contributed by atoms with Crippen molar-refractivity contribution in [1.82, 2.24) is 9.55 Å². The third kappa shape index (κ3) is 1.99. The van der Waals surface area contributed by atoms with E-state index in [2.05, 4.69) is 0 Å². The highest BCUT2D eigenvalue weighted by molar-refractivity contribution is 5.93. The maximum absolute atomic E-state index is 13.2. The number of ether oxygens (including phenoxy) is 2. The van der Waals surface area contributed by atoms with Crippen molar-refractivity contribution in [2.45, 2.75) is 32.1 Å². The molecule has 0 fully saturated rings. The fraction of sp³-hybridized carbons (Fsp3) is 0.286. The van der Waals surface area contributed by atoms with E-state index >= 15 is 0 Å². The molecular formula is C21H19N3O4. The number of nitrogens with zero attached hydrogens (tertiary/aromatic N) is 2. The van der Waals surface area contributed by atoms with Crippen molar-refractivity contribution in [3.05, 3.63) is 57.4 Å². The third-order valence-corrected chi connectivity index (χ3v) is 5.90. The van der Waals surface area contributed by atoms with E-state index in [1.165, 1.54) is 7.11 Å². The van der Waals surface area contributed by atoms with Crippen molar-refractivity contribution < 1.29 is 14.3 Å². The molecule has 0 amide bonds. The molecule has 0 saturated carbocycles. The minimum absolute atomic E-state index is 0.0446. The Morgan fingerprint density at radius 3 is 2.89 bits per heavy atom. The van der Waals surface area contributed by atoms with Gasteiger partial charge in [-0.25, -0.2) is 9.78 Å². The first-order valence-electron chi connectivity index (χ1n) is 9.18. The number of esters is 1. The number of nitrogens with two attached hydrogens (primary N) is 1. The molecule has 4 heterocycles. The molecule has 1 atom stereocenters. The van der Waals surface area contributed by atoms with Gasteiger partial charge < -0.3 is 19.8 Å². The third-order valence-electron chi connectivity index (χ3n) is 5.90. The van der Waals surface area contributed by atoms with Gasteiger partial charge in [-0.1, -0.05) is 13.0 Å². The summed E-state index contributed by atoms with van der Waals surface area (Å²) in [6.07, 6.45) is 0.368. The van der Waals surface area contributed by atoms with Crippen LogP contribution in [0.1, 0.15) is 30.0 Å². The standard InChI is InChI=1S/C21H19N3O4/c1-3-21(27-2)14-8-17-18-11(7-12-15(22)5-4-6-16(12)23-18)9-24(17)19(25)13(14)10-28-20(21)26/h4-8H,3,9-10,22H2,1-2H3. The largest absolute Gasteiger partial charge is 0.458 e. The molecule has 1 unspecified atom stereocenters. The molecule has 7 nitrogen and oxygen atoms in total. The Bertz CT molecular complexity index is 1220. The lowest BCUT2D eigenvalue weighted by Crippen LogP contribution is -2.45. The molecule has 0 bridgehead atoms. The summed E-state index contributed by atoms with van der Waals surface area (Å²) in [6, 6.07) is 9.44. The van der Waals surface area contributed by atoms with Crippen molar-refractivity contribution in [2.24, 2.45) is 0 Å². The van der Waals surface area contributed by atoms with Crippen LogP contribution in [0.5, 0.6) is 0 Å². The summed E-state index contributed by atoms with van der Waals surface area (Å²) in [4.78, 5) is 30.5. The van der Waals surface area contributed by atoms with Gasteiger partial charge in [0.2, 0.25) is 0 Å². The molecule has 0 spiro atoms. The van der Waals surface area contributed by atoms with E-state index < -0.39 is 11.6 Å². The van der Waals surface area contributed by atoms with Gasteiger partial charge in [-0.2, -0.15) is 0 Å². The molecule has 0 radical (unpaired) electrons. The Morgan fingerprint density at radius 1 is 1.32 bits per heavy atom. The number of carbonyl (C=O) groups is 1. The van der Waals surface area contributed by atoms with E-state index in [1.54, 1.807) is 4.57 Å². The Kier molecular flexibility index (Phi) is 3.42. The lowest BCUT2D eigenvalue weighted by Gasteiger charge is -2.35. The number of rotatable bonds is 2. The van der Waals surface area contributed by atoms with Gasteiger partial charge in [-0.15, -0.1) is 0 Å². The SMILES string of the molecule is CCC1(OC)C(=O)OCc2c1cc1n(c2=O)Cc2cc3c(N)cccc3nc2-1. The van der Waals surface area contributed by atoms with E-state index in [9.17, 15) is 9.59 Å². The Labute approximate surface area is 160 Å². The Morgan fingerprint density at radius 2 is 2.14 bits per heavy atom. The summed E-state index contributed by atoms with van der Waals surface area (Å²) in [5.41, 5.74) is 9.45. The van der Waals surface area contributed by atoms with Crippen molar-refractivity contribution in [3.63, 3.8) is 0 Å². The molecule has 5 rings (SSSR count). The van der Waals surface area contributed by atoms with Crippen LogP contribution < -0.4 is 11.3 Å². The molecule has 2 aliphatic rings. The van der Waals surface area contributed by atoms with E-state index in [0.717, 1.165) is 22.2 Å². The zero-order chi connectivity index (χ0) is 19.6. The van der Waals surface area contributed by atoms with Gasteiger partial charge in [0.15, 0.2) is 5.60 Å². The fourth-order valence-corrected chi connectivity index (χ4v) is 4.35. The second-order valence-electron chi connectivity index (χ2n) is 7.18. The maximum Gasteiger partial charge on any atom is 0.343 e. The summed E-state index contributed by atoms with van der Waals surface area (Å²) < 4.78 is 12.6. The first-order valence-corrected chi connectivity index (χ1v) is 9.18. The van der Waals surface area contributed by atoms with Gasteiger partial charge in [0.25, 0.3) is 5.56 Å². The molecular weight excluding hydrogens is 358 g/mol. The van der Waals surface area contributed by atoms with Crippen molar-refractivity contribution in [1.29, 1.82) is 0 Å². The van der Waals surface area contributed by atoms with Crippen LogP contribution in [0, 0.1) is 0 Å². The zero-order valence-corrected chi connectivity index (χ0v) is 15.6. The van der Waals surface area contributed by atoms with Crippen molar-refractivity contribution >= 4 is 22.6 Å². The Hall–Kier alpha value is -3.19. The van der Waals surface area contributed by atoms with Gasteiger partial charge in [-0.05, 0) is 30.7 Å². The number of carbonyl (C=O) groups excluding carboxylic acids is 1. The van der Waals surface area contributed by atoms with Gasteiger partial charge in [-0.3, -0.25) is 4.79 Å². The van der Waals surface area contributed by atoms with Gasteiger partial charge in [0.1, 0.15) is 6.61 Å². The minimum Gasteiger partial charge on any atom is -0.458 e. The van der Waals surface area contributed by atoms with Crippen molar-refractivity contribution in [2.75, 3.05) is 12.8 Å².